The summed E-state index contributed by atoms with van der Waals surface area (Å²) in [6.07, 6.45) is 0.916. The third kappa shape index (κ3) is 5.28. The Morgan fingerprint density at radius 3 is 2.35 bits per heavy atom. The largest absolute Gasteiger partial charge is 0.421 e. The maximum absolute atomic E-state index is 13.4. The second kappa shape index (κ2) is 8.86. The zero-order valence-electron chi connectivity index (χ0n) is 15.8. The summed E-state index contributed by atoms with van der Waals surface area (Å²) in [5, 5.41) is -0.990. The minimum atomic E-state index is -4.11. The number of carbonyl (C=O) groups is 2. The van der Waals surface area contributed by atoms with Crippen molar-refractivity contribution in [2.24, 2.45) is 0 Å². The summed E-state index contributed by atoms with van der Waals surface area (Å²) < 4.78 is 56.7. The van der Waals surface area contributed by atoms with Crippen LogP contribution in [-0.2, 0) is 15.6 Å². The van der Waals surface area contributed by atoms with Crippen molar-refractivity contribution in [1.29, 1.82) is 0 Å². The Labute approximate surface area is 180 Å². The van der Waals surface area contributed by atoms with E-state index in [1.54, 1.807) is 0 Å². The van der Waals surface area contributed by atoms with Crippen molar-refractivity contribution in [2.75, 3.05) is 0 Å². The highest BCUT2D eigenvalue weighted by Crippen LogP contribution is 2.24. The normalized spacial score (nSPS) is 11.2. The van der Waals surface area contributed by atoms with Crippen LogP contribution >= 0.6 is 11.6 Å². The van der Waals surface area contributed by atoms with E-state index in [0.29, 0.717) is 0 Å². The van der Waals surface area contributed by atoms with Crippen LogP contribution in [0.2, 0.25) is 5.02 Å². The summed E-state index contributed by atoms with van der Waals surface area (Å²) in [5.41, 5.74) is -0.475. The van der Waals surface area contributed by atoms with Gasteiger partial charge in [-0.2, -0.15) is 0 Å². The molecule has 7 nitrogen and oxygen atoms in total. The van der Waals surface area contributed by atoms with Crippen LogP contribution in [0.15, 0.2) is 53.8 Å². The Bertz CT molecular complexity index is 1280. The summed E-state index contributed by atoms with van der Waals surface area (Å²) in [6.45, 7) is 1.16. The number of benzene rings is 2. The lowest BCUT2D eigenvalue weighted by Gasteiger charge is -2.10. The first-order chi connectivity index (χ1) is 14.6. The molecule has 0 fully saturated rings. The van der Waals surface area contributed by atoms with E-state index >= 15 is 0 Å². The standard InChI is InChI=1S/C20H13ClF2N2O5S/c1-11(26)15-8-14(23)6-7-17(15)30-19(27)18-16(21)9-24-20(25-18)31(28,29)10-12-2-4-13(22)5-3-12/h2-9H,10H2,1H3. The van der Waals surface area contributed by atoms with Crippen LogP contribution in [0.25, 0.3) is 0 Å². The molecule has 11 heteroatoms. The molecule has 0 aliphatic rings. The van der Waals surface area contributed by atoms with Gasteiger partial charge in [-0.1, -0.05) is 23.7 Å². The van der Waals surface area contributed by atoms with Crippen molar-refractivity contribution in [1.82, 2.24) is 9.97 Å². The smallest absolute Gasteiger partial charge is 0.364 e. The van der Waals surface area contributed by atoms with Gasteiger partial charge in [-0.05, 0) is 42.8 Å². The van der Waals surface area contributed by atoms with E-state index in [-0.39, 0.29) is 21.9 Å². The van der Waals surface area contributed by atoms with Crippen molar-refractivity contribution in [3.05, 3.63) is 82.1 Å². The third-order valence-electron chi connectivity index (χ3n) is 3.99. The van der Waals surface area contributed by atoms with E-state index in [0.717, 1.165) is 43.5 Å². The summed E-state index contributed by atoms with van der Waals surface area (Å²) in [4.78, 5) is 31.6. The van der Waals surface area contributed by atoms with Crippen LogP contribution in [0.3, 0.4) is 0 Å². The molecule has 3 rings (SSSR count). The zero-order valence-corrected chi connectivity index (χ0v) is 17.4. The molecule has 0 amide bonds. The molecular formula is C20H13ClF2N2O5S. The fourth-order valence-electron chi connectivity index (χ4n) is 2.52. The second-order valence-electron chi connectivity index (χ2n) is 6.32. The monoisotopic (exact) mass is 466 g/mol. The topological polar surface area (TPSA) is 103 Å². The summed E-state index contributed by atoms with van der Waals surface area (Å²) in [5.74, 6) is -3.75. The Balaban J connectivity index is 1.91. The molecule has 0 radical (unpaired) electrons. The Morgan fingerprint density at radius 2 is 1.71 bits per heavy atom. The lowest BCUT2D eigenvalue weighted by Crippen LogP contribution is -2.17. The van der Waals surface area contributed by atoms with Crippen LogP contribution in [0, 0.1) is 11.6 Å². The van der Waals surface area contributed by atoms with Gasteiger partial charge in [0, 0.05) is 0 Å². The van der Waals surface area contributed by atoms with Gasteiger partial charge in [0.25, 0.3) is 0 Å². The molecule has 0 spiro atoms. The molecule has 0 saturated heterocycles. The van der Waals surface area contributed by atoms with Crippen LogP contribution in [0.1, 0.15) is 33.3 Å². The van der Waals surface area contributed by atoms with Crippen LogP contribution in [0.4, 0.5) is 8.78 Å². The number of hydrogen-bond donors (Lipinski definition) is 0. The van der Waals surface area contributed by atoms with Crippen LogP contribution in [-0.4, -0.2) is 30.1 Å². The Morgan fingerprint density at radius 1 is 1.06 bits per heavy atom. The molecule has 0 atom stereocenters. The van der Waals surface area contributed by atoms with Gasteiger partial charge in [-0.25, -0.2) is 32.0 Å². The van der Waals surface area contributed by atoms with E-state index in [9.17, 15) is 26.8 Å². The summed E-state index contributed by atoms with van der Waals surface area (Å²) in [7, 11) is -4.11. The molecule has 3 aromatic rings. The first kappa shape index (κ1) is 22.4. The maximum Gasteiger partial charge on any atom is 0.364 e. The molecule has 2 aromatic carbocycles. The molecule has 31 heavy (non-hydrogen) atoms. The fraction of sp³-hybridized carbons (Fsp3) is 0.100. The number of aromatic nitrogens is 2. The first-order valence-electron chi connectivity index (χ1n) is 8.59. The lowest BCUT2D eigenvalue weighted by atomic mass is 10.1. The van der Waals surface area contributed by atoms with Gasteiger partial charge in [-0.3, -0.25) is 4.79 Å². The van der Waals surface area contributed by atoms with Gasteiger partial charge in [0.15, 0.2) is 11.5 Å². The van der Waals surface area contributed by atoms with Crippen molar-refractivity contribution in [3.63, 3.8) is 0 Å². The number of halogens is 3. The highest BCUT2D eigenvalue weighted by molar-refractivity contribution is 7.90. The Hall–Kier alpha value is -3.24. The molecule has 1 heterocycles. The van der Waals surface area contributed by atoms with Crippen LogP contribution < -0.4 is 4.74 Å². The van der Waals surface area contributed by atoms with E-state index in [1.807, 2.05) is 0 Å². The summed E-state index contributed by atoms with van der Waals surface area (Å²) >= 11 is 5.92. The predicted molar refractivity (Wildman–Crippen MR) is 106 cm³/mol. The average Bonchev–Trinajstić information content (AvgIpc) is 2.70. The number of rotatable bonds is 6. The molecule has 0 bridgehead atoms. The van der Waals surface area contributed by atoms with Gasteiger partial charge in [-0.15, -0.1) is 0 Å². The van der Waals surface area contributed by atoms with Gasteiger partial charge in [0.05, 0.1) is 22.5 Å². The molecule has 1 aromatic heterocycles. The van der Waals surface area contributed by atoms with E-state index in [2.05, 4.69) is 9.97 Å². The van der Waals surface area contributed by atoms with Gasteiger partial charge in [0.1, 0.15) is 17.4 Å². The zero-order chi connectivity index (χ0) is 22.8. The number of hydrogen-bond acceptors (Lipinski definition) is 7. The van der Waals surface area contributed by atoms with Crippen molar-refractivity contribution in [2.45, 2.75) is 17.8 Å². The molecule has 0 aliphatic heterocycles. The highest BCUT2D eigenvalue weighted by atomic mass is 35.5. The Kier molecular flexibility index (Phi) is 6.42. The molecule has 0 unspecified atom stereocenters. The number of carbonyl (C=O) groups excluding carboxylic acids is 2. The minimum absolute atomic E-state index is 0.192. The fourth-order valence-corrected chi connectivity index (χ4v) is 3.90. The van der Waals surface area contributed by atoms with Crippen molar-refractivity contribution < 1.29 is 31.5 Å². The average molecular weight is 467 g/mol. The maximum atomic E-state index is 13.4. The van der Waals surface area contributed by atoms with Crippen LogP contribution in [0.5, 0.6) is 5.75 Å². The summed E-state index contributed by atoms with van der Waals surface area (Å²) in [6, 6.07) is 7.73. The van der Waals surface area contributed by atoms with E-state index in [1.165, 1.54) is 12.1 Å². The molecule has 0 saturated carbocycles. The minimum Gasteiger partial charge on any atom is -0.421 e. The van der Waals surface area contributed by atoms with Gasteiger partial charge in [0.2, 0.25) is 15.0 Å². The molecule has 0 N–H and O–H groups in total. The SMILES string of the molecule is CC(=O)c1cc(F)ccc1OC(=O)c1nc(S(=O)(=O)Cc2ccc(F)cc2)ncc1Cl. The van der Waals surface area contributed by atoms with E-state index in [4.69, 9.17) is 16.3 Å². The molecular weight excluding hydrogens is 454 g/mol. The number of ketones is 1. The highest BCUT2D eigenvalue weighted by Gasteiger charge is 2.25. The van der Waals surface area contributed by atoms with Crippen molar-refractivity contribution in [3.8, 4) is 5.75 Å². The van der Waals surface area contributed by atoms with Gasteiger partial charge < -0.3 is 4.74 Å². The predicted octanol–water partition coefficient (Wildman–Crippen LogP) is 3.80. The lowest BCUT2D eigenvalue weighted by molar-refractivity contribution is 0.0725. The van der Waals surface area contributed by atoms with E-state index < -0.39 is 49.8 Å². The van der Waals surface area contributed by atoms with Crippen molar-refractivity contribution >= 4 is 33.2 Å². The second-order valence-corrected chi connectivity index (χ2v) is 8.61. The quantitative estimate of drug-likeness (QED) is 0.235. The third-order valence-corrected chi connectivity index (χ3v) is 5.73. The molecule has 160 valence electrons. The van der Waals surface area contributed by atoms with Gasteiger partial charge >= 0.3 is 5.97 Å². The first-order valence-corrected chi connectivity index (χ1v) is 10.6. The molecule has 0 aliphatic carbocycles. The number of nitrogens with zero attached hydrogens (tertiary/aromatic N) is 2. The number of ether oxygens (including phenoxy) is 1. The number of sulfone groups is 1. The number of Topliss-reactive ketones (excluding diaryl/α,β-unsaturated/α-hetero) is 1. The number of esters is 1.